The predicted molar refractivity (Wildman–Crippen MR) is 68.3 cm³/mol. The van der Waals surface area contributed by atoms with Gasteiger partial charge in [-0.1, -0.05) is 18.5 Å². The van der Waals surface area contributed by atoms with Crippen LogP contribution < -0.4 is 10.2 Å². The average Bonchev–Trinajstić information content (AvgIpc) is 2.58. The Balaban J connectivity index is 2.18. The zero-order chi connectivity index (χ0) is 11.4. The summed E-state index contributed by atoms with van der Waals surface area (Å²) in [5, 5.41) is 4.04. The summed E-state index contributed by atoms with van der Waals surface area (Å²) in [7, 11) is 0. The number of hydrogen-bond donors (Lipinski definition) is 1. The Morgan fingerprint density at radius 1 is 1.44 bits per heavy atom. The number of hydrogen-bond acceptors (Lipinski definition) is 3. The van der Waals surface area contributed by atoms with Crippen molar-refractivity contribution in [3.63, 3.8) is 0 Å². The van der Waals surface area contributed by atoms with Gasteiger partial charge < -0.3 is 10.2 Å². The van der Waals surface area contributed by atoms with Crippen LogP contribution in [0.15, 0.2) is 12.3 Å². The number of nitrogens with one attached hydrogen (secondary N) is 1. The van der Waals surface area contributed by atoms with Crippen molar-refractivity contribution >= 4 is 17.3 Å². The number of halogens is 1. The minimum Gasteiger partial charge on any atom is -0.369 e. The van der Waals surface area contributed by atoms with Gasteiger partial charge in [0.05, 0.1) is 11.9 Å². The third-order valence-corrected chi connectivity index (χ3v) is 3.32. The van der Waals surface area contributed by atoms with Crippen LogP contribution in [-0.2, 0) is 6.42 Å². The summed E-state index contributed by atoms with van der Waals surface area (Å²) in [4.78, 5) is 6.64. The highest BCUT2D eigenvalue weighted by Crippen LogP contribution is 2.21. The SMILES string of the molecule is CCc1cc(N2CCCNCC2)cnc1Cl. The summed E-state index contributed by atoms with van der Waals surface area (Å²) in [5.41, 5.74) is 2.33. The van der Waals surface area contributed by atoms with E-state index in [1.807, 2.05) is 6.20 Å². The molecule has 0 radical (unpaired) electrons. The van der Waals surface area contributed by atoms with E-state index >= 15 is 0 Å². The highest BCUT2D eigenvalue weighted by atomic mass is 35.5. The van der Waals surface area contributed by atoms with Gasteiger partial charge in [0.2, 0.25) is 0 Å². The molecule has 16 heavy (non-hydrogen) atoms. The molecule has 1 aromatic rings. The number of pyridine rings is 1. The molecule has 1 saturated heterocycles. The van der Waals surface area contributed by atoms with Gasteiger partial charge in [-0.2, -0.15) is 0 Å². The molecule has 1 aliphatic heterocycles. The molecule has 2 rings (SSSR count). The maximum atomic E-state index is 6.03. The molecule has 0 saturated carbocycles. The van der Waals surface area contributed by atoms with E-state index in [1.54, 1.807) is 0 Å². The molecule has 0 aliphatic carbocycles. The highest BCUT2D eigenvalue weighted by Gasteiger charge is 2.11. The van der Waals surface area contributed by atoms with Crippen molar-refractivity contribution in [1.29, 1.82) is 0 Å². The van der Waals surface area contributed by atoms with E-state index in [4.69, 9.17) is 11.6 Å². The van der Waals surface area contributed by atoms with E-state index in [0.717, 1.165) is 38.2 Å². The van der Waals surface area contributed by atoms with Crippen molar-refractivity contribution < 1.29 is 0 Å². The van der Waals surface area contributed by atoms with Gasteiger partial charge >= 0.3 is 0 Å². The van der Waals surface area contributed by atoms with Gasteiger partial charge in [0.1, 0.15) is 5.15 Å². The monoisotopic (exact) mass is 239 g/mol. The smallest absolute Gasteiger partial charge is 0.132 e. The molecular weight excluding hydrogens is 222 g/mol. The normalized spacial score (nSPS) is 17.2. The first-order chi connectivity index (χ1) is 7.81. The molecule has 0 bridgehead atoms. The Labute approximate surface area is 102 Å². The molecule has 4 heteroatoms. The second kappa shape index (κ2) is 5.51. The number of anilines is 1. The van der Waals surface area contributed by atoms with Crippen LogP contribution in [0.3, 0.4) is 0 Å². The Morgan fingerprint density at radius 2 is 2.31 bits per heavy atom. The van der Waals surface area contributed by atoms with Crippen molar-refractivity contribution in [2.45, 2.75) is 19.8 Å². The Hall–Kier alpha value is -0.800. The molecular formula is C12H18ClN3. The quantitative estimate of drug-likeness (QED) is 0.802. The van der Waals surface area contributed by atoms with Crippen molar-refractivity contribution in [1.82, 2.24) is 10.3 Å². The lowest BCUT2D eigenvalue weighted by atomic mass is 10.2. The molecule has 0 amide bonds. The fourth-order valence-corrected chi connectivity index (χ4v) is 2.24. The molecule has 1 aliphatic rings. The number of nitrogens with zero attached hydrogens (tertiary/aromatic N) is 2. The third kappa shape index (κ3) is 2.66. The standard InChI is InChI=1S/C12H18ClN3/c1-2-10-8-11(9-15-12(10)13)16-6-3-4-14-5-7-16/h8-9,14H,2-7H2,1H3. The van der Waals surface area contributed by atoms with Crippen molar-refractivity contribution in [2.24, 2.45) is 0 Å². The van der Waals surface area contributed by atoms with E-state index in [2.05, 4.69) is 28.2 Å². The van der Waals surface area contributed by atoms with Gasteiger partial charge in [-0.25, -0.2) is 4.98 Å². The second-order valence-corrected chi connectivity index (χ2v) is 4.45. The van der Waals surface area contributed by atoms with Gasteiger partial charge in [0.15, 0.2) is 0 Å². The van der Waals surface area contributed by atoms with Crippen LogP contribution in [0.1, 0.15) is 18.9 Å². The zero-order valence-electron chi connectivity index (χ0n) is 9.67. The van der Waals surface area contributed by atoms with Crippen LogP contribution >= 0.6 is 11.6 Å². The van der Waals surface area contributed by atoms with Gasteiger partial charge in [-0.3, -0.25) is 0 Å². The lowest BCUT2D eigenvalue weighted by molar-refractivity contribution is 0.724. The maximum Gasteiger partial charge on any atom is 0.132 e. The second-order valence-electron chi connectivity index (χ2n) is 4.09. The van der Waals surface area contributed by atoms with Crippen LogP contribution in [0.2, 0.25) is 5.15 Å². The minimum absolute atomic E-state index is 0.638. The van der Waals surface area contributed by atoms with Crippen molar-refractivity contribution in [3.8, 4) is 0 Å². The summed E-state index contributed by atoms with van der Waals surface area (Å²) >= 11 is 6.03. The molecule has 2 heterocycles. The summed E-state index contributed by atoms with van der Waals surface area (Å²) in [6.45, 7) is 6.41. The third-order valence-electron chi connectivity index (χ3n) is 2.98. The fraction of sp³-hybridized carbons (Fsp3) is 0.583. The first-order valence-electron chi connectivity index (χ1n) is 5.91. The molecule has 0 unspecified atom stereocenters. The zero-order valence-corrected chi connectivity index (χ0v) is 10.4. The molecule has 1 N–H and O–H groups in total. The molecule has 88 valence electrons. The number of aromatic nitrogens is 1. The first kappa shape index (κ1) is 11.7. The average molecular weight is 240 g/mol. The van der Waals surface area contributed by atoms with Crippen molar-refractivity contribution in [2.75, 3.05) is 31.1 Å². The maximum absolute atomic E-state index is 6.03. The molecule has 3 nitrogen and oxygen atoms in total. The lowest BCUT2D eigenvalue weighted by Gasteiger charge is -2.22. The molecule has 1 fully saturated rings. The first-order valence-corrected chi connectivity index (χ1v) is 6.29. The molecule has 0 aromatic carbocycles. The van der Waals surface area contributed by atoms with Crippen LogP contribution in [0.5, 0.6) is 0 Å². The topological polar surface area (TPSA) is 28.2 Å². The van der Waals surface area contributed by atoms with Gasteiger partial charge in [-0.15, -0.1) is 0 Å². The number of aryl methyl sites for hydroxylation is 1. The van der Waals surface area contributed by atoms with E-state index in [-0.39, 0.29) is 0 Å². The highest BCUT2D eigenvalue weighted by molar-refractivity contribution is 6.30. The summed E-state index contributed by atoms with van der Waals surface area (Å²) in [6, 6.07) is 2.17. The van der Waals surface area contributed by atoms with Gasteiger partial charge in [-0.05, 0) is 31.0 Å². The van der Waals surface area contributed by atoms with E-state index in [9.17, 15) is 0 Å². The molecule has 0 spiro atoms. The Kier molecular flexibility index (Phi) is 4.02. The van der Waals surface area contributed by atoms with Crippen LogP contribution in [0, 0.1) is 0 Å². The van der Waals surface area contributed by atoms with E-state index in [1.165, 1.54) is 12.1 Å². The van der Waals surface area contributed by atoms with Gasteiger partial charge in [0.25, 0.3) is 0 Å². The van der Waals surface area contributed by atoms with Crippen LogP contribution in [0.4, 0.5) is 5.69 Å². The van der Waals surface area contributed by atoms with E-state index in [0.29, 0.717) is 5.15 Å². The summed E-state index contributed by atoms with van der Waals surface area (Å²) < 4.78 is 0. The summed E-state index contributed by atoms with van der Waals surface area (Å²) in [6.07, 6.45) is 4.00. The number of rotatable bonds is 2. The fourth-order valence-electron chi connectivity index (χ4n) is 2.01. The Bertz CT molecular complexity index is 346. The minimum atomic E-state index is 0.638. The molecule has 0 atom stereocenters. The largest absolute Gasteiger partial charge is 0.369 e. The van der Waals surface area contributed by atoms with Gasteiger partial charge in [0, 0.05) is 19.6 Å². The van der Waals surface area contributed by atoms with Crippen LogP contribution in [0.25, 0.3) is 0 Å². The molecule has 1 aromatic heterocycles. The Morgan fingerprint density at radius 3 is 3.12 bits per heavy atom. The van der Waals surface area contributed by atoms with Crippen molar-refractivity contribution in [3.05, 3.63) is 23.0 Å². The lowest BCUT2D eigenvalue weighted by Crippen LogP contribution is -2.28. The predicted octanol–water partition coefficient (Wildman–Crippen LogP) is 2.10. The van der Waals surface area contributed by atoms with Crippen LogP contribution in [-0.4, -0.2) is 31.2 Å². The summed E-state index contributed by atoms with van der Waals surface area (Å²) in [5.74, 6) is 0. The van der Waals surface area contributed by atoms with E-state index < -0.39 is 0 Å².